The molecule has 0 aliphatic heterocycles. The highest BCUT2D eigenvalue weighted by molar-refractivity contribution is 9.10. The number of hydrogen-bond donors (Lipinski definition) is 2. The van der Waals surface area contributed by atoms with Crippen LogP contribution < -0.4 is 0 Å². The van der Waals surface area contributed by atoms with E-state index in [1.165, 1.54) is 12.1 Å². The molecular weight excluding hydrogens is 313 g/mol. The van der Waals surface area contributed by atoms with E-state index in [-0.39, 0.29) is 11.1 Å². The van der Waals surface area contributed by atoms with Gasteiger partial charge in [0.2, 0.25) is 0 Å². The van der Waals surface area contributed by atoms with Crippen molar-refractivity contribution in [2.75, 3.05) is 0 Å². The fourth-order valence-corrected chi connectivity index (χ4v) is 2.05. The monoisotopic (exact) mass is 317 g/mol. The molecule has 0 aliphatic rings. The van der Waals surface area contributed by atoms with Gasteiger partial charge < -0.3 is 10.2 Å². The Hall–Kier alpha value is -1.53. The van der Waals surface area contributed by atoms with Crippen LogP contribution in [-0.2, 0) is 0 Å². The van der Waals surface area contributed by atoms with Gasteiger partial charge in [0, 0.05) is 16.1 Å². The van der Waals surface area contributed by atoms with E-state index >= 15 is 0 Å². The van der Waals surface area contributed by atoms with Crippen molar-refractivity contribution >= 4 is 50.5 Å². The standard InChI is InChI=1S/C10H5BrClNO4/c11-6-1-4-5(9(14)15)3-13(10(16)17)8(4)2-7(6)12/h1-3H,(H,14,15)(H,16,17). The Balaban J connectivity index is 2.91. The number of nitrogens with zero attached hydrogens (tertiary/aromatic N) is 1. The van der Waals surface area contributed by atoms with Crippen molar-refractivity contribution in [3.05, 3.63) is 33.4 Å². The van der Waals surface area contributed by atoms with Crippen LogP contribution in [0.1, 0.15) is 10.4 Å². The lowest BCUT2D eigenvalue weighted by atomic mass is 10.2. The quantitative estimate of drug-likeness (QED) is 0.845. The number of aromatic carboxylic acids is 1. The minimum absolute atomic E-state index is 0.0835. The molecule has 0 radical (unpaired) electrons. The summed E-state index contributed by atoms with van der Waals surface area (Å²) in [6.07, 6.45) is -0.209. The first kappa shape index (κ1) is 11.9. The number of carboxylic acid groups (broad SMARTS) is 2. The van der Waals surface area contributed by atoms with Gasteiger partial charge in [-0.3, -0.25) is 4.57 Å². The van der Waals surface area contributed by atoms with Crippen LogP contribution in [0, 0.1) is 0 Å². The van der Waals surface area contributed by atoms with Crippen molar-refractivity contribution in [3.63, 3.8) is 0 Å². The Bertz CT molecular complexity index is 595. The summed E-state index contributed by atoms with van der Waals surface area (Å²) in [4.78, 5) is 22.0. The van der Waals surface area contributed by atoms with Gasteiger partial charge in [0.05, 0.1) is 16.1 Å². The molecule has 0 saturated carbocycles. The first-order chi connectivity index (χ1) is 7.91. The zero-order valence-corrected chi connectivity index (χ0v) is 10.5. The maximum atomic E-state index is 11.0. The molecule has 0 unspecified atom stereocenters. The lowest BCUT2D eigenvalue weighted by molar-refractivity contribution is 0.0699. The van der Waals surface area contributed by atoms with E-state index in [1.807, 2.05) is 0 Å². The molecule has 1 heterocycles. The Labute approximate surface area is 108 Å². The average molecular weight is 319 g/mol. The zero-order chi connectivity index (χ0) is 12.7. The third-order valence-corrected chi connectivity index (χ3v) is 3.48. The summed E-state index contributed by atoms with van der Waals surface area (Å²) in [6.45, 7) is 0. The summed E-state index contributed by atoms with van der Waals surface area (Å²) in [5.74, 6) is -1.19. The maximum absolute atomic E-state index is 11.0. The lowest BCUT2D eigenvalue weighted by Crippen LogP contribution is -2.06. The smallest absolute Gasteiger partial charge is 0.416 e. The molecule has 7 heteroatoms. The number of fused-ring (bicyclic) bond motifs is 1. The minimum atomic E-state index is -1.26. The van der Waals surface area contributed by atoms with Crippen molar-refractivity contribution in [1.29, 1.82) is 0 Å². The number of aromatic nitrogens is 1. The number of hydrogen-bond acceptors (Lipinski definition) is 2. The van der Waals surface area contributed by atoms with Crippen LogP contribution in [0.3, 0.4) is 0 Å². The van der Waals surface area contributed by atoms with Gasteiger partial charge in [-0.25, -0.2) is 9.59 Å². The fraction of sp³-hybridized carbons (Fsp3) is 0. The highest BCUT2D eigenvalue weighted by Gasteiger charge is 2.18. The number of carbonyl (C=O) groups is 2. The van der Waals surface area contributed by atoms with E-state index in [1.54, 1.807) is 0 Å². The molecule has 5 nitrogen and oxygen atoms in total. The third kappa shape index (κ3) is 1.89. The highest BCUT2D eigenvalue weighted by atomic mass is 79.9. The molecule has 0 aliphatic carbocycles. The van der Waals surface area contributed by atoms with Gasteiger partial charge in [-0.2, -0.15) is 0 Å². The molecule has 0 atom stereocenters. The summed E-state index contributed by atoms with van der Waals surface area (Å²) in [5, 5.41) is 18.6. The molecule has 1 aromatic carbocycles. The summed E-state index contributed by atoms with van der Waals surface area (Å²) in [6, 6.07) is 2.89. The van der Waals surface area contributed by atoms with Crippen LogP contribution >= 0.6 is 27.5 Å². The molecule has 0 fully saturated rings. The number of rotatable bonds is 1. The predicted molar refractivity (Wildman–Crippen MR) is 65.0 cm³/mol. The topological polar surface area (TPSA) is 79.5 Å². The molecule has 0 amide bonds. The van der Waals surface area contributed by atoms with Gasteiger partial charge in [-0.1, -0.05) is 11.6 Å². The van der Waals surface area contributed by atoms with Gasteiger partial charge in [0.15, 0.2) is 0 Å². The van der Waals surface area contributed by atoms with Crippen LogP contribution in [0.15, 0.2) is 22.8 Å². The molecule has 2 rings (SSSR count). The van der Waals surface area contributed by atoms with Gasteiger partial charge in [0.1, 0.15) is 0 Å². The van der Waals surface area contributed by atoms with E-state index < -0.39 is 12.1 Å². The maximum Gasteiger partial charge on any atom is 0.416 e. The van der Waals surface area contributed by atoms with Crippen molar-refractivity contribution in [2.45, 2.75) is 0 Å². The number of benzene rings is 1. The fourth-order valence-electron chi connectivity index (χ4n) is 1.55. The predicted octanol–water partition coefficient (Wildman–Crippen LogP) is 3.28. The molecule has 2 aromatic rings. The Kier molecular flexibility index (Phi) is 2.84. The van der Waals surface area contributed by atoms with E-state index in [9.17, 15) is 9.59 Å². The molecule has 1 aromatic heterocycles. The normalized spacial score (nSPS) is 10.7. The SMILES string of the molecule is O=C(O)c1cn(C(=O)O)c2cc(Cl)c(Br)cc12. The first-order valence-corrected chi connectivity index (χ1v) is 5.55. The Morgan fingerprint density at radius 3 is 2.47 bits per heavy atom. The molecular formula is C10H5BrClNO4. The summed E-state index contributed by atoms with van der Waals surface area (Å²) < 4.78 is 1.34. The zero-order valence-electron chi connectivity index (χ0n) is 8.15. The molecule has 0 saturated heterocycles. The first-order valence-electron chi connectivity index (χ1n) is 4.38. The number of carboxylic acids is 1. The second kappa shape index (κ2) is 4.05. The molecule has 17 heavy (non-hydrogen) atoms. The number of halogens is 2. The minimum Gasteiger partial charge on any atom is -0.478 e. The van der Waals surface area contributed by atoms with Crippen LogP contribution in [0.5, 0.6) is 0 Å². The molecule has 0 bridgehead atoms. The van der Waals surface area contributed by atoms with Crippen LogP contribution in [0.2, 0.25) is 5.02 Å². The highest BCUT2D eigenvalue weighted by Crippen LogP contribution is 2.31. The molecule has 0 spiro atoms. The molecule has 2 N–H and O–H groups in total. The second-order valence-electron chi connectivity index (χ2n) is 3.28. The second-order valence-corrected chi connectivity index (χ2v) is 4.55. The third-order valence-electron chi connectivity index (χ3n) is 2.28. The van der Waals surface area contributed by atoms with E-state index in [4.69, 9.17) is 21.8 Å². The molecule has 88 valence electrons. The Morgan fingerprint density at radius 2 is 1.94 bits per heavy atom. The van der Waals surface area contributed by atoms with Crippen molar-refractivity contribution in [1.82, 2.24) is 4.57 Å². The summed E-state index contributed by atoms with van der Waals surface area (Å²) in [5.41, 5.74) is 0.155. The Morgan fingerprint density at radius 1 is 1.29 bits per heavy atom. The van der Waals surface area contributed by atoms with Crippen LogP contribution in [-0.4, -0.2) is 26.8 Å². The van der Waals surface area contributed by atoms with Crippen molar-refractivity contribution in [3.8, 4) is 0 Å². The van der Waals surface area contributed by atoms with Gasteiger partial charge in [-0.15, -0.1) is 0 Å². The lowest BCUT2D eigenvalue weighted by Gasteiger charge is -2.00. The van der Waals surface area contributed by atoms with Crippen molar-refractivity contribution in [2.24, 2.45) is 0 Å². The average Bonchev–Trinajstić information content (AvgIpc) is 2.57. The van der Waals surface area contributed by atoms with E-state index in [0.717, 1.165) is 10.8 Å². The summed E-state index contributed by atoms with van der Waals surface area (Å²) in [7, 11) is 0. The van der Waals surface area contributed by atoms with Gasteiger partial charge in [-0.05, 0) is 28.1 Å². The van der Waals surface area contributed by atoms with Crippen LogP contribution in [0.4, 0.5) is 4.79 Å². The van der Waals surface area contributed by atoms with Crippen molar-refractivity contribution < 1.29 is 19.8 Å². The van der Waals surface area contributed by atoms with Gasteiger partial charge >= 0.3 is 12.1 Å². The van der Waals surface area contributed by atoms with Crippen LogP contribution in [0.25, 0.3) is 10.9 Å². The largest absolute Gasteiger partial charge is 0.478 e. The summed E-state index contributed by atoms with van der Waals surface area (Å²) >= 11 is 9.02. The van der Waals surface area contributed by atoms with E-state index in [0.29, 0.717) is 14.9 Å². The van der Waals surface area contributed by atoms with E-state index in [2.05, 4.69) is 15.9 Å². The van der Waals surface area contributed by atoms with Gasteiger partial charge in [0.25, 0.3) is 0 Å².